The smallest absolute Gasteiger partial charge is 0.127 e. The van der Waals surface area contributed by atoms with Gasteiger partial charge in [-0.25, -0.2) is 14.4 Å². The van der Waals surface area contributed by atoms with Crippen LogP contribution >= 0.6 is 15.9 Å². The third kappa shape index (κ3) is 3.08. The Bertz CT molecular complexity index is 507. The third-order valence-electron chi connectivity index (χ3n) is 2.39. The molecule has 0 saturated heterocycles. The first-order valence-corrected chi connectivity index (χ1v) is 5.83. The Kier molecular flexibility index (Phi) is 3.81. The summed E-state index contributed by atoms with van der Waals surface area (Å²) in [6, 6.07) is 4.77. The fraction of sp³-hybridized carbons (Fsp3) is 0.167. The van der Waals surface area contributed by atoms with E-state index in [9.17, 15) is 9.50 Å². The number of nitrogens with zero attached hydrogens (tertiary/aromatic N) is 2. The molecular weight excluding hydrogens is 287 g/mol. The Morgan fingerprint density at radius 2 is 2.00 bits per heavy atom. The topological polar surface area (TPSA) is 46.0 Å². The highest BCUT2D eigenvalue weighted by Crippen LogP contribution is 2.21. The lowest BCUT2D eigenvalue weighted by Crippen LogP contribution is -2.04. The second kappa shape index (κ2) is 5.33. The maximum Gasteiger partial charge on any atom is 0.127 e. The van der Waals surface area contributed by atoms with Gasteiger partial charge < -0.3 is 5.11 Å². The number of aliphatic hydroxyl groups excluding tert-OH is 1. The van der Waals surface area contributed by atoms with Crippen LogP contribution in [0.3, 0.4) is 0 Å². The highest BCUT2D eigenvalue weighted by atomic mass is 79.9. The molecule has 0 radical (unpaired) electrons. The van der Waals surface area contributed by atoms with Crippen LogP contribution in [-0.4, -0.2) is 15.1 Å². The Morgan fingerprint density at radius 3 is 2.65 bits per heavy atom. The molecule has 0 saturated carbocycles. The number of rotatable bonds is 3. The van der Waals surface area contributed by atoms with Gasteiger partial charge in [-0.3, -0.25) is 0 Å². The van der Waals surface area contributed by atoms with Gasteiger partial charge in [0.25, 0.3) is 0 Å². The van der Waals surface area contributed by atoms with Gasteiger partial charge in [0.05, 0.1) is 6.10 Å². The van der Waals surface area contributed by atoms with E-state index in [4.69, 9.17) is 0 Å². The predicted octanol–water partition coefficient (Wildman–Crippen LogP) is 2.65. The van der Waals surface area contributed by atoms with Crippen molar-refractivity contribution in [2.24, 2.45) is 0 Å². The summed E-state index contributed by atoms with van der Waals surface area (Å²) in [5.74, 6) is -0.338. The Morgan fingerprint density at radius 1 is 1.29 bits per heavy atom. The normalized spacial score (nSPS) is 12.4. The first kappa shape index (κ1) is 12.1. The summed E-state index contributed by atoms with van der Waals surface area (Å²) in [5.41, 5.74) is 1.04. The van der Waals surface area contributed by atoms with Crippen LogP contribution in [0.25, 0.3) is 0 Å². The number of hydrogen-bond acceptors (Lipinski definition) is 3. The molecule has 1 aromatic heterocycles. The second-order valence-corrected chi connectivity index (χ2v) is 4.54. The van der Waals surface area contributed by atoms with Crippen molar-refractivity contribution in [3.05, 3.63) is 58.3 Å². The van der Waals surface area contributed by atoms with Crippen molar-refractivity contribution in [1.29, 1.82) is 0 Å². The van der Waals surface area contributed by atoms with E-state index >= 15 is 0 Å². The SMILES string of the molecule is OC(Cc1ccc(Br)cc1F)c1cncnc1. The molecule has 1 heterocycles. The largest absolute Gasteiger partial charge is 0.388 e. The van der Waals surface area contributed by atoms with Crippen molar-refractivity contribution in [3.63, 3.8) is 0 Å². The van der Waals surface area contributed by atoms with Gasteiger partial charge in [-0.05, 0) is 17.7 Å². The number of halogens is 2. The average Bonchev–Trinajstić information content (AvgIpc) is 2.34. The zero-order valence-corrected chi connectivity index (χ0v) is 10.4. The molecule has 0 aliphatic rings. The van der Waals surface area contributed by atoms with Gasteiger partial charge in [0.1, 0.15) is 12.1 Å². The lowest BCUT2D eigenvalue weighted by molar-refractivity contribution is 0.176. The van der Waals surface area contributed by atoms with E-state index in [1.54, 1.807) is 12.1 Å². The molecule has 3 nitrogen and oxygen atoms in total. The molecule has 0 aliphatic heterocycles. The molecule has 1 aromatic carbocycles. The zero-order valence-electron chi connectivity index (χ0n) is 8.85. The summed E-state index contributed by atoms with van der Waals surface area (Å²) < 4.78 is 14.2. The summed E-state index contributed by atoms with van der Waals surface area (Å²) >= 11 is 3.18. The van der Waals surface area contributed by atoms with Crippen LogP contribution < -0.4 is 0 Å². The van der Waals surface area contributed by atoms with Gasteiger partial charge >= 0.3 is 0 Å². The van der Waals surface area contributed by atoms with E-state index in [1.807, 2.05) is 0 Å². The van der Waals surface area contributed by atoms with Gasteiger partial charge in [0.2, 0.25) is 0 Å². The molecule has 17 heavy (non-hydrogen) atoms. The Labute approximate surface area is 106 Å². The first-order chi connectivity index (χ1) is 8.16. The zero-order chi connectivity index (χ0) is 12.3. The molecule has 0 spiro atoms. The molecule has 1 atom stereocenters. The molecule has 0 amide bonds. The lowest BCUT2D eigenvalue weighted by atomic mass is 10.0. The fourth-order valence-electron chi connectivity index (χ4n) is 1.50. The predicted molar refractivity (Wildman–Crippen MR) is 64.8 cm³/mol. The summed E-state index contributed by atoms with van der Waals surface area (Å²) in [4.78, 5) is 7.62. The monoisotopic (exact) mass is 296 g/mol. The highest BCUT2D eigenvalue weighted by Gasteiger charge is 2.12. The average molecular weight is 297 g/mol. The first-order valence-electron chi connectivity index (χ1n) is 5.03. The van der Waals surface area contributed by atoms with Crippen LogP contribution in [0.2, 0.25) is 0 Å². The molecular formula is C12H10BrFN2O. The van der Waals surface area contributed by atoms with E-state index in [0.29, 0.717) is 15.6 Å². The summed E-state index contributed by atoms with van der Waals surface area (Å²) in [5, 5.41) is 9.91. The van der Waals surface area contributed by atoms with Crippen LogP contribution in [0.1, 0.15) is 17.2 Å². The van der Waals surface area contributed by atoms with Crippen LogP contribution in [0.5, 0.6) is 0 Å². The maximum absolute atomic E-state index is 13.6. The van der Waals surface area contributed by atoms with E-state index < -0.39 is 6.10 Å². The van der Waals surface area contributed by atoms with Gasteiger partial charge in [-0.1, -0.05) is 22.0 Å². The molecule has 0 bridgehead atoms. The number of aromatic nitrogens is 2. The van der Waals surface area contributed by atoms with E-state index in [-0.39, 0.29) is 12.2 Å². The van der Waals surface area contributed by atoms with E-state index in [1.165, 1.54) is 24.8 Å². The Balaban J connectivity index is 2.16. The molecule has 1 N–H and O–H groups in total. The fourth-order valence-corrected chi connectivity index (χ4v) is 1.83. The lowest BCUT2D eigenvalue weighted by Gasteiger charge is -2.10. The summed E-state index contributed by atoms with van der Waals surface area (Å²) in [7, 11) is 0. The number of hydrogen-bond donors (Lipinski definition) is 1. The second-order valence-electron chi connectivity index (χ2n) is 3.63. The van der Waals surface area contributed by atoms with Crippen LogP contribution in [-0.2, 0) is 6.42 Å². The highest BCUT2D eigenvalue weighted by molar-refractivity contribution is 9.10. The van der Waals surface area contributed by atoms with E-state index in [0.717, 1.165) is 0 Å². The quantitative estimate of drug-likeness (QED) is 0.947. The van der Waals surface area contributed by atoms with Crippen molar-refractivity contribution in [2.75, 3.05) is 0 Å². The van der Waals surface area contributed by atoms with Crippen molar-refractivity contribution < 1.29 is 9.50 Å². The van der Waals surface area contributed by atoms with Crippen LogP contribution in [0.4, 0.5) is 4.39 Å². The molecule has 88 valence electrons. The van der Waals surface area contributed by atoms with Crippen molar-refractivity contribution >= 4 is 15.9 Å². The third-order valence-corrected chi connectivity index (χ3v) is 2.89. The molecule has 1 unspecified atom stereocenters. The summed E-state index contributed by atoms with van der Waals surface area (Å²) in [6.45, 7) is 0. The summed E-state index contributed by atoms with van der Waals surface area (Å²) in [6.07, 6.45) is 3.83. The minimum absolute atomic E-state index is 0.201. The number of aliphatic hydroxyl groups is 1. The number of benzene rings is 1. The Hall–Kier alpha value is -1.33. The minimum Gasteiger partial charge on any atom is -0.388 e. The molecule has 5 heteroatoms. The van der Waals surface area contributed by atoms with Crippen molar-refractivity contribution in [1.82, 2.24) is 9.97 Å². The van der Waals surface area contributed by atoms with Crippen molar-refractivity contribution in [3.8, 4) is 0 Å². The van der Waals surface area contributed by atoms with Gasteiger partial charge in [0, 0.05) is 28.9 Å². The van der Waals surface area contributed by atoms with Crippen molar-refractivity contribution in [2.45, 2.75) is 12.5 Å². The molecule has 0 aliphatic carbocycles. The van der Waals surface area contributed by atoms with Crippen LogP contribution in [0.15, 0.2) is 41.4 Å². The van der Waals surface area contributed by atoms with E-state index in [2.05, 4.69) is 25.9 Å². The molecule has 2 rings (SSSR count). The maximum atomic E-state index is 13.6. The van der Waals surface area contributed by atoms with Gasteiger partial charge in [0.15, 0.2) is 0 Å². The molecule has 2 aromatic rings. The minimum atomic E-state index is -0.799. The van der Waals surface area contributed by atoms with Crippen LogP contribution in [0, 0.1) is 5.82 Å². The van der Waals surface area contributed by atoms with Gasteiger partial charge in [-0.2, -0.15) is 0 Å². The molecule has 0 fully saturated rings. The standard InChI is InChI=1S/C12H10BrFN2O/c13-10-2-1-8(11(14)4-10)3-12(17)9-5-15-7-16-6-9/h1-2,4-7,12,17H,3H2. The van der Waals surface area contributed by atoms with Gasteiger partial charge in [-0.15, -0.1) is 0 Å².